The Morgan fingerprint density at radius 3 is 2.39 bits per heavy atom. The summed E-state index contributed by atoms with van der Waals surface area (Å²) in [7, 11) is 0. The maximum atomic E-state index is 12.3. The van der Waals surface area contributed by atoms with Crippen LogP contribution in [0.3, 0.4) is 0 Å². The van der Waals surface area contributed by atoms with Crippen molar-refractivity contribution >= 4 is 11.7 Å². The quantitative estimate of drug-likeness (QED) is 0.644. The molecule has 146 valence electrons. The summed E-state index contributed by atoms with van der Waals surface area (Å²) in [4.78, 5) is 12.3. The van der Waals surface area contributed by atoms with E-state index < -0.39 is 0 Å². The van der Waals surface area contributed by atoms with Crippen LogP contribution in [0.4, 0.5) is 5.82 Å². The van der Waals surface area contributed by atoms with Gasteiger partial charge in [0, 0.05) is 24.3 Å². The fraction of sp³-hybridized carbons (Fsp3) is 0.333. The zero-order valence-corrected chi connectivity index (χ0v) is 17.0. The molecule has 28 heavy (non-hydrogen) atoms. The van der Waals surface area contributed by atoms with E-state index in [1.165, 1.54) is 0 Å². The van der Waals surface area contributed by atoms with Gasteiger partial charge in [-0.05, 0) is 63.9 Å². The van der Waals surface area contributed by atoms with Gasteiger partial charge in [-0.25, -0.2) is 4.68 Å². The maximum Gasteiger partial charge on any atom is 0.251 e. The Labute approximate surface area is 165 Å². The van der Waals surface area contributed by atoms with Crippen LogP contribution in [0.15, 0.2) is 30.3 Å². The topological polar surface area (TPSA) is 84.7 Å². The van der Waals surface area contributed by atoms with E-state index in [0.29, 0.717) is 30.3 Å². The molecule has 0 saturated heterocycles. The first-order valence-corrected chi connectivity index (χ1v) is 9.33. The van der Waals surface area contributed by atoms with Gasteiger partial charge in [0.1, 0.15) is 5.82 Å². The van der Waals surface area contributed by atoms with Crippen molar-refractivity contribution in [2.75, 3.05) is 18.4 Å². The molecule has 3 rings (SSSR count). The molecule has 0 radical (unpaired) electrons. The van der Waals surface area contributed by atoms with Crippen molar-refractivity contribution in [3.63, 3.8) is 0 Å². The average molecular weight is 378 g/mol. The summed E-state index contributed by atoms with van der Waals surface area (Å²) in [6, 6.07) is 9.55. The van der Waals surface area contributed by atoms with Crippen molar-refractivity contribution < 1.29 is 4.79 Å². The van der Waals surface area contributed by atoms with Crippen molar-refractivity contribution in [3.8, 4) is 5.82 Å². The summed E-state index contributed by atoms with van der Waals surface area (Å²) < 4.78 is 1.80. The molecule has 3 aromatic rings. The zero-order chi connectivity index (χ0) is 20.3. The van der Waals surface area contributed by atoms with E-state index in [-0.39, 0.29) is 5.91 Å². The van der Waals surface area contributed by atoms with Gasteiger partial charge in [0.05, 0.1) is 5.69 Å². The smallest absolute Gasteiger partial charge is 0.251 e. The number of anilines is 1. The molecule has 0 atom stereocenters. The summed E-state index contributed by atoms with van der Waals surface area (Å²) in [6.07, 6.45) is 0. The van der Waals surface area contributed by atoms with E-state index in [9.17, 15) is 4.79 Å². The molecule has 1 amide bonds. The van der Waals surface area contributed by atoms with Crippen LogP contribution in [-0.4, -0.2) is 39.0 Å². The van der Waals surface area contributed by atoms with Crippen molar-refractivity contribution in [1.29, 1.82) is 0 Å². The molecular weight excluding hydrogens is 352 g/mol. The highest BCUT2D eigenvalue weighted by atomic mass is 16.1. The Morgan fingerprint density at radius 1 is 1.00 bits per heavy atom. The molecule has 2 heterocycles. The number of nitrogens with one attached hydrogen (secondary N) is 2. The van der Waals surface area contributed by atoms with E-state index in [1.807, 2.05) is 65.0 Å². The number of aryl methyl sites for hydroxylation is 3. The second-order valence-corrected chi connectivity index (χ2v) is 6.99. The van der Waals surface area contributed by atoms with Gasteiger partial charge in [0.2, 0.25) is 0 Å². The fourth-order valence-corrected chi connectivity index (χ4v) is 3.01. The highest BCUT2D eigenvalue weighted by Crippen LogP contribution is 2.15. The summed E-state index contributed by atoms with van der Waals surface area (Å²) in [6.45, 7) is 11.1. The van der Waals surface area contributed by atoms with Gasteiger partial charge in [-0.15, -0.1) is 10.2 Å². The largest absolute Gasteiger partial charge is 0.367 e. The third-order valence-electron chi connectivity index (χ3n) is 4.86. The van der Waals surface area contributed by atoms with Gasteiger partial charge in [-0.2, -0.15) is 5.10 Å². The summed E-state index contributed by atoms with van der Waals surface area (Å²) in [5, 5.41) is 19.0. The lowest BCUT2D eigenvalue weighted by Gasteiger charge is -2.10. The van der Waals surface area contributed by atoms with Gasteiger partial charge in [0.25, 0.3) is 5.91 Å². The van der Waals surface area contributed by atoms with Crippen molar-refractivity contribution in [3.05, 3.63) is 64.0 Å². The molecule has 0 aliphatic rings. The van der Waals surface area contributed by atoms with Crippen molar-refractivity contribution in [2.24, 2.45) is 0 Å². The predicted octanol–water partition coefficient (Wildman–Crippen LogP) is 3.05. The number of carbonyl (C=O) groups excluding carboxylic acids is 1. The summed E-state index contributed by atoms with van der Waals surface area (Å²) >= 11 is 0. The molecule has 2 aromatic heterocycles. The van der Waals surface area contributed by atoms with Crippen LogP contribution in [-0.2, 0) is 0 Å². The van der Waals surface area contributed by atoms with E-state index in [0.717, 1.165) is 28.1 Å². The first kappa shape index (κ1) is 19.5. The van der Waals surface area contributed by atoms with Crippen LogP contribution in [0.5, 0.6) is 0 Å². The highest BCUT2D eigenvalue weighted by Gasteiger charge is 2.11. The average Bonchev–Trinajstić information content (AvgIpc) is 2.93. The number of hydrogen-bond donors (Lipinski definition) is 2. The molecule has 0 saturated carbocycles. The minimum Gasteiger partial charge on any atom is -0.367 e. The molecule has 0 aliphatic carbocycles. The molecule has 0 spiro atoms. The first-order valence-electron chi connectivity index (χ1n) is 9.33. The highest BCUT2D eigenvalue weighted by molar-refractivity contribution is 5.95. The summed E-state index contributed by atoms with van der Waals surface area (Å²) in [5.41, 5.74) is 6.03. The van der Waals surface area contributed by atoms with Crippen molar-refractivity contribution in [1.82, 2.24) is 25.3 Å². The Kier molecular flexibility index (Phi) is 5.73. The number of rotatable bonds is 6. The van der Waals surface area contributed by atoms with Crippen LogP contribution in [0, 0.1) is 34.6 Å². The molecular formula is C21H26N6O. The molecule has 1 aromatic carbocycles. The normalized spacial score (nSPS) is 10.8. The summed E-state index contributed by atoms with van der Waals surface area (Å²) in [5.74, 6) is 1.27. The van der Waals surface area contributed by atoms with Gasteiger partial charge >= 0.3 is 0 Å². The monoisotopic (exact) mass is 378 g/mol. The number of carbonyl (C=O) groups is 1. The van der Waals surface area contributed by atoms with E-state index in [4.69, 9.17) is 0 Å². The standard InChI is InChI=1S/C21H26N6O/c1-13-6-7-18(14(2)12-13)21(28)23-11-10-22-19-8-9-20(25-24-19)27-17(5)15(3)16(4)26-27/h6-9,12H,10-11H2,1-5H3,(H,22,24)(H,23,28). The molecule has 0 fully saturated rings. The van der Waals surface area contributed by atoms with Crippen LogP contribution < -0.4 is 10.6 Å². The Balaban J connectivity index is 1.52. The molecule has 2 N–H and O–H groups in total. The van der Waals surface area contributed by atoms with E-state index in [2.05, 4.69) is 25.9 Å². The molecule has 7 nitrogen and oxygen atoms in total. The Morgan fingerprint density at radius 2 is 1.79 bits per heavy atom. The number of aromatic nitrogens is 4. The molecule has 7 heteroatoms. The van der Waals surface area contributed by atoms with Crippen LogP contribution in [0.2, 0.25) is 0 Å². The van der Waals surface area contributed by atoms with Gasteiger partial charge in [0.15, 0.2) is 5.82 Å². The van der Waals surface area contributed by atoms with E-state index in [1.54, 1.807) is 4.68 Å². The lowest BCUT2D eigenvalue weighted by atomic mass is 10.1. The number of benzene rings is 1. The van der Waals surface area contributed by atoms with E-state index >= 15 is 0 Å². The van der Waals surface area contributed by atoms with Crippen LogP contribution in [0.1, 0.15) is 38.4 Å². The van der Waals surface area contributed by atoms with Crippen LogP contribution in [0.25, 0.3) is 5.82 Å². The number of amides is 1. The first-order chi connectivity index (χ1) is 13.4. The SMILES string of the molecule is Cc1ccc(C(=O)NCCNc2ccc(-n3nc(C)c(C)c3C)nn2)c(C)c1. The lowest BCUT2D eigenvalue weighted by Crippen LogP contribution is -2.29. The van der Waals surface area contributed by atoms with Crippen LogP contribution >= 0.6 is 0 Å². The number of hydrogen-bond acceptors (Lipinski definition) is 5. The van der Waals surface area contributed by atoms with Gasteiger partial charge in [-0.3, -0.25) is 4.79 Å². The van der Waals surface area contributed by atoms with Gasteiger partial charge < -0.3 is 10.6 Å². The fourth-order valence-electron chi connectivity index (χ4n) is 3.01. The number of nitrogens with zero attached hydrogens (tertiary/aromatic N) is 4. The zero-order valence-electron chi connectivity index (χ0n) is 17.0. The minimum atomic E-state index is -0.0689. The Hall–Kier alpha value is -3.22. The Bertz CT molecular complexity index is 991. The van der Waals surface area contributed by atoms with Gasteiger partial charge in [-0.1, -0.05) is 17.7 Å². The lowest BCUT2D eigenvalue weighted by molar-refractivity contribution is 0.0954. The second-order valence-electron chi connectivity index (χ2n) is 6.99. The molecule has 0 aliphatic heterocycles. The van der Waals surface area contributed by atoms with Crippen molar-refractivity contribution in [2.45, 2.75) is 34.6 Å². The molecule has 0 unspecified atom stereocenters. The minimum absolute atomic E-state index is 0.0689. The predicted molar refractivity (Wildman–Crippen MR) is 110 cm³/mol. The maximum absolute atomic E-state index is 12.3. The second kappa shape index (κ2) is 8.21. The molecule has 0 bridgehead atoms. The third kappa shape index (κ3) is 4.19. The third-order valence-corrected chi connectivity index (χ3v) is 4.86.